The summed E-state index contributed by atoms with van der Waals surface area (Å²) in [5.74, 6) is 0.704. The van der Waals surface area contributed by atoms with Crippen molar-refractivity contribution in [2.24, 2.45) is 5.10 Å². The lowest BCUT2D eigenvalue weighted by Crippen LogP contribution is -1.93. The van der Waals surface area contributed by atoms with Gasteiger partial charge in [0.2, 0.25) is 4.77 Å². The molecule has 0 radical (unpaired) electrons. The van der Waals surface area contributed by atoms with E-state index in [1.807, 2.05) is 41.8 Å². The summed E-state index contributed by atoms with van der Waals surface area (Å²) in [5.41, 5.74) is 0.939. The Balaban J connectivity index is 1.97. The van der Waals surface area contributed by atoms with Crippen LogP contribution in [0.3, 0.4) is 0 Å². The molecule has 3 aromatic rings. The van der Waals surface area contributed by atoms with Gasteiger partial charge in [-0.25, -0.2) is 5.10 Å². The van der Waals surface area contributed by atoms with Crippen LogP contribution in [0.2, 0.25) is 5.02 Å². The molecule has 0 atom stereocenters. The minimum Gasteiger partial charge on any atom is -0.250 e. The summed E-state index contributed by atoms with van der Waals surface area (Å²) in [7, 11) is 0. The summed E-state index contributed by atoms with van der Waals surface area (Å²) in [4.78, 5) is 1.01. The third-order valence-corrected chi connectivity index (χ3v) is 3.97. The summed E-state index contributed by atoms with van der Waals surface area (Å²) in [6, 6.07) is 11.4. The Labute approximate surface area is 129 Å². The van der Waals surface area contributed by atoms with Crippen LogP contribution in [0.1, 0.15) is 5.56 Å². The van der Waals surface area contributed by atoms with Gasteiger partial charge in [-0.05, 0) is 41.4 Å². The summed E-state index contributed by atoms with van der Waals surface area (Å²) in [5, 5.41) is 14.0. The topological polar surface area (TPSA) is 46.0 Å². The van der Waals surface area contributed by atoms with Crippen molar-refractivity contribution in [1.29, 1.82) is 0 Å². The van der Waals surface area contributed by atoms with E-state index in [0.717, 1.165) is 10.4 Å². The average Bonchev–Trinajstić information content (AvgIpc) is 3.08. The van der Waals surface area contributed by atoms with Gasteiger partial charge in [-0.15, -0.1) is 11.3 Å². The lowest BCUT2D eigenvalue weighted by molar-refractivity contribution is 0.873. The monoisotopic (exact) mass is 320 g/mol. The predicted octanol–water partition coefficient (Wildman–Crippen LogP) is 4.20. The highest BCUT2D eigenvalue weighted by Gasteiger charge is 2.08. The molecule has 0 bridgehead atoms. The van der Waals surface area contributed by atoms with E-state index < -0.39 is 0 Å². The Morgan fingerprint density at radius 3 is 2.80 bits per heavy atom. The molecule has 2 aromatic heterocycles. The minimum absolute atomic E-state index is 0.457. The molecule has 7 heteroatoms. The fourth-order valence-electron chi connectivity index (χ4n) is 1.64. The maximum absolute atomic E-state index is 5.85. The smallest absolute Gasteiger partial charge is 0.216 e. The van der Waals surface area contributed by atoms with Gasteiger partial charge in [0, 0.05) is 5.02 Å². The number of rotatable bonds is 3. The molecule has 0 saturated heterocycles. The minimum atomic E-state index is 0.457. The molecule has 20 heavy (non-hydrogen) atoms. The lowest BCUT2D eigenvalue weighted by Gasteiger charge is -1.98. The molecule has 0 amide bonds. The third kappa shape index (κ3) is 2.72. The van der Waals surface area contributed by atoms with E-state index in [1.165, 1.54) is 0 Å². The Kier molecular flexibility index (Phi) is 3.77. The van der Waals surface area contributed by atoms with Crippen molar-refractivity contribution < 1.29 is 0 Å². The summed E-state index contributed by atoms with van der Waals surface area (Å²) in [6.45, 7) is 0. The number of thiophene rings is 1. The van der Waals surface area contributed by atoms with E-state index in [1.54, 1.807) is 22.2 Å². The number of H-pyrrole nitrogens is 1. The Bertz CT molecular complexity index is 785. The largest absolute Gasteiger partial charge is 0.250 e. The zero-order valence-electron chi connectivity index (χ0n) is 10.2. The summed E-state index contributed by atoms with van der Waals surface area (Å²) in [6.07, 6.45) is 1.72. The van der Waals surface area contributed by atoms with Gasteiger partial charge in [-0.3, -0.25) is 0 Å². The molecular weight excluding hydrogens is 312 g/mol. The predicted molar refractivity (Wildman–Crippen MR) is 85.2 cm³/mol. The first-order valence-electron chi connectivity index (χ1n) is 5.75. The second-order valence-electron chi connectivity index (χ2n) is 3.94. The van der Waals surface area contributed by atoms with E-state index in [-0.39, 0.29) is 0 Å². The van der Waals surface area contributed by atoms with E-state index in [9.17, 15) is 0 Å². The third-order valence-electron chi connectivity index (χ3n) is 2.58. The van der Waals surface area contributed by atoms with E-state index in [0.29, 0.717) is 15.6 Å². The number of hydrogen-bond donors (Lipinski definition) is 1. The van der Waals surface area contributed by atoms with E-state index in [4.69, 9.17) is 23.8 Å². The summed E-state index contributed by atoms with van der Waals surface area (Å²) >= 11 is 12.6. The van der Waals surface area contributed by atoms with Gasteiger partial charge in [0.15, 0.2) is 5.82 Å². The number of benzene rings is 1. The molecular formula is C13H9ClN4S2. The van der Waals surface area contributed by atoms with Crippen molar-refractivity contribution in [3.05, 3.63) is 57.1 Å². The van der Waals surface area contributed by atoms with Gasteiger partial charge in [-0.1, -0.05) is 29.8 Å². The van der Waals surface area contributed by atoms with Crippen LogP contribution in [0, 0.1) is 4.77 Å². The highest BCUT2D eigenvalue weighted by molar-refractivity contribution is 7.71. The van der Waals surface area contributed by atoms with Crippen LogP contribution in [0.4, 0.5) is 0 Å². The van der Waals surface area contributed by atoms with Crippen molar-refractivity contribution in [2.75, 3.05) is 0 Å². The molecule has 0 saturated carbocycles. The quantitative estimate of drug-likeness (QED) is 0.580. The molecule has 1 N–H and O–H groups in total. The van der Waals surface area contributed by atoms with Gasteiger partial charge in [0.1, 0.15) is 0 Å². The van der Waals surface area contributed by atoms with E-state index >= 15 is 0 Å². The lowest BCUT2D eigenvalue weighted by atomic mass is 10.2. The van der Waals surface area contributed by atoms with Gasteiger partial charge in [0.05, 0.1) is 11.1 Å². The molecule has 3 rings (SSSR count). The number of aromatic amines is 1. The SMILES string of the molecule is S=c1[nH]nc(-c2cccs2)n1/N=C/c1ccc(Cl)cc1. The van der Waals surface area contributed by atoms with Crippen LogP contribution in [-0.2, 0) is 0 Å². The van der Waals surface area contributed by atoms with Gasteiger partial charge < -0.3 is 0 Å². The first-order chi connectivity index (χ1) is 9.74. The average molecular weight is 321 g/mol. The second kappa shape index (κ2) is 5.70. The zero-order valence-corrected chi connectivity index (χ0v) is 12.5. The Morgan fingerprint density at radius 2 is 2.10 bits per heavy atom. The fourth-order valence-corrected chi connectivity index (χ4v) is 2.64. The fraction of sp³-hybridized carbons (Fsp3) is 0. The van der Waals surface area contributed by atoms with Crippen molar-refractivity contribution in [2.45, 2.75) is 0 Å². The maximum atomic E-state index is 5.85. The van der Waals surface area contributed by atoms with Crippen LogP contribution in [0.25, 0.3) is 10.7 Å². The molecule has 0 fully saturated rings. The second-order valence-corrected chi connectivity index (χ2v) is 5.71. The Morgan fingerprint density at radius 1 is 1.30 bits per heavy atom. The number of hydrogen-bond acceptors (Lipinski definition) is 4. The Hall–Kier alpha value is -1.76. The first kappa shape index (κ1) is 13.2. The number of nitrogens with one attached hydrogen (secondary N) is 1. The molecule has 0 aliphatic rings. The van der Waals surface area contributed by atoms with Crippen LogP contribution >= 0.6 is 35.2 Å². The molecule has 0 spiro atoms. The van der Waals surface area contributed by atoms with Gasteiger partial charge in [0.25, 0.3) is 0 Å². The van der Waals surface area contributed by atoms with Crippen LogP contribution in [0.15, 0.2) is 46.9 Å². The zero-order chi connectivity index (χ0) is 13.9. The molecule has 0 aliphatic carbocycles. The van der Waals surface area contributed by atoms with Gasteiger partial charge >= 0.3 is 0 Å². The molecule has 0 unspecified atom stereocenters. The summed E-state index contributed by atoms with van der Waals surface area (Å²) < 4.78 is 2.06. The number of aromatic nitrogens is 3. The maximum Gasteiger partial charge on any atom is 0.216 e. The number of halogens is 1. The van der Waals surface area contributed by atoms with Gasteiger partial charge in [-0.2, -0.15) is 14.9 Å². The molecule has 100 valence electrons. The van der Waals surface area contributed by atoms with Crippen molar-refractivity contribution in [3.63, 3.8) is 0 Å². The normalized spacial score (nSPS) is 11.2. The molecule has 1 aromatic carbocycles. The molecule has 2 heterocycles. The van der Waals surface area contributed by atoms with Crippen molar-refractivity contribution in [1.82, 2.24) is 14.9 Å². The molecule has 0 aliphatic heterocycles. The van der Waals surface area contributed by atoms with Crippen molar-refractivity contribution in [3.8, 4) is 10.7 Å². The highest BCUT2D eigenvalue weighted by Crippen LogP contribution is 2.22. The molecule has 4 nitrogen and oxygen atoms in total. The first-order valence-corrected chi connectivity index (χ1v) is 7.42. The van der Waals surface area contributed by atoms with Crippen LogP contribution in [-0.4, -0.2) is 21.1 Å². The highest BCUT2D eigenvalue weighted by atomic mass is 35.5. The van der Waals surface area contributed by atoms with Crippen molar-refractivity contribution >= 4 is 41.4 Å². The standard InChI is InChI=1S/C13H9ClN4S2/c14-10-5-3-9(4-6-10)8-15-18-12(16-17-13(18)19)11-2-1-7-20-11/h1-8H,(H,17,19)/b15-8+. The van der Waals surface area contributed by atoms with Crippen LogP contribution in [0.5, 0.6) is 0 Å². The van der Waals surface area contributed by atoms with E-state index in [2.05, 4.69) is 15.3 Å². The number of nitrogens with zero attached hydrogens (tertiary/aromatic N) is 3. The van der Waals surface area contributed by atoms with Crippen LogP contribution < -0.4 is 0 Å².